The van der Waals surface area contributed by atoms with E-state index in [1.165, 1.54) is 7.11 Å². The van der Waals surface area contributed by atoms with Gasteiger partial charge in [0, 0.05) is 56.4 Å². The molecule has 166 valence electrons. The Morgan fingerprint density at radius 3 is 2.83 bits per heavy atom. The second-order valence-electron chi connectivity index (χ2n) is 8.62. The lowest BCUT2D eigenvalue weighted by Gasteiger charge is -2.35. The maximum absolute atomic E-state index is 12.9. The van der Waals surface area contributed by atoms with Crippen molar-refractivity contribution in [3.63, 3.8) is 0 Å². The van der Waals surface area contributed by atoms with Crippen molar-refractivity contribution in [2.45, 2.75) is 57.2 Å². The fourth-order valence-corrected chi connectivity index (χ4v) is 6.95. The number of hydrogen-bond donors (Lipinski definition) is 1. The zero-order valence-corrected chi connectivity index (χ0v) is 18.4. The molecule has 1 aromatic heterocycles. The van der Waals surface area contributed by atoms with Gasteiger partial charge in [0.1, 0.15) is 5.82 Å². The van der Waals surface area contributed by atoms with Gasteiger partial charge in [-0.3, -0.25) is 9.59 Å². The van der Waals surface area contributed by atoms with Gasteiger partial charge in [0.25, 0.3) is 5.56 Å². The number of nitrogens with zero attached hydrogens (tertiary/aromatic N) is 3. The Labute approximate surface area is 176 Å². The molecule has 1 N–H and O–H groups in total. The number of sulfone groups is 1. The molecule has 4 rings (SSSR count). The minimum atomic E-state index is -3.14. The van der Waals surface area contributed by atoms with Crippen molar-refractivity contribution in [2.75, 3.05) is 38.2 Å². The highest BCUT2D eigenvalue weighted by molar-refractivity contribution is 7.91. The third-order valence-electron chi connectivity index (χ3n) is 6.60. The largest absolute Gasteiger partial charge is 0.379 e. The van der Waals surface area contributed by atoms with Gasteiger partial charge in [-0.25, -0.2) is 8.42 Å². The fourth-order valence-electron chi connectivity index (χ4n) is 5.07. The van der Waals surface area contributed by atoms with Gasteiger partial charge in [0.2, 0.25) is 5.91 Å². The Morgan fingerprint density at radius 1 is 1.27 bits per heavy atom. The van der Waals surface area contributed by atoms with E-state index in [2.05, 4.69) is 14.9 Å². The first-order valence-electron chi connectivity index (χ1n) is 10.6. The van der Waals surface area contributed by atoms with Crippen LogP contribution >= 0.6 is 0 Å². The van der Waals surface area contributed by atoms with Crippen LogP contribution in [0.4, 0.5) is 0 Å². The maximum Gasteiger partial charge on any atom is 0.276 e. The number of nitrogens with one attached hydrogen (secondary N) is 1. The average Bonchev–Trinajstić information content (AvgIpc) is 3.29. The van der Waals surface area contributed by atoms with E-state index >= 15 is 0 Å². The summed E-state index contributed by atoms with van der Waals surface area (Å²) in [6.45, 7) is 4.04. The Hall–Kier alpha value is -1.78. The van der Waals surface area contributed by atoms with Crippen LogP contribution in [0.25, 0.3) is 0 Å². The molecular weight excluding hydrogens is 408 g/mol. The molecule has 3 atom stereocenters. The van der Waals surface area contributed by atoms with E-state index in [0.717, 1.165) is 43.7 Å². The number of aromatic nitrogens is 2. The molecule has 0 spiro atoms. The third kappa shape index (κ3) is 4.17. The van der Waals surface area contributed by atoms with E-state index in [9.17, 15) is 18.0 Å². The van der Waals surface area contributed by atoms with Crippen LogP contribution in [0.2, 0.25) is 0 Å². The molecule has 3 aliphatic rings. The van der Waals surface area contributed by atoms with Crippen molar-refractivity contribution in [2.24, 2.45) is 0 Å². The Balaban J connectivity index is 1.44. The highest BCUT2D eigenvalue weighted by atomic mass is 32.2. The van der Waals surface area contributed by atoms with Crippen LogP contribution in [-0.4, -0.2) is 79.2 Å². The molecule has 0 radical (unpaired) electrons. The molecule has 0 aromatic carbocycles. The summed E-state index contributed by atoms with van der Waals surface area (Å²) in [6, 6.07) is -0.367. The van der Waals surface area contributed by atoms with Crippen molar-refractivity contribution < 1.29 is 17.9 Å². The van der Waals surface area contributed by atoms with Crippen molar-refractivity contribution in [3.8, 4) is 0 Å². The molecule has 3 aliphatic heterocycles. The summed E-state index contributed by atoms with van der Waals surface area (Å²) >= 11 is 0. The van der Waals surface area contributed by atoms with Gasteiger partial charge < -0.3 is 19.5 Å². The van der Waals surface area contributed by atoms with Gasteiger partial charge >= 0.3 is 0 Å². The number of piperidine rings is 1. The topological polar surface area (TPSA) is 111 Å². The molecule has 10 heteroatoms. The molecule has 0 aliphatic carbocycles. The normalized spacial score (nSPS) is 27.9. The summed E-state index contributed by atoms with van der Waals surface area (Å²) in [5.74, 6) is 0.914. The van der Waals surface area contributed by atoms with E-state index in [1.54, 1.807) is 0 Å². The van der Waals surface area contributed by atoms with Crippen molar-refractivity contribution in [1.82, 2.24) is 19.8 Å². The van der Waals surface area contributed by atoms with Crippen molar-refractivity contribution in [1.29, 1.82) is 0 Å². The van der Waals surface area contributed by atoms with Crippen LogP contribution in [0, 0.1) is 6.92 Å². The van der Waals surface area contributed by atoms with Gasteiger partial charge in [-0.15, -0.1) is 0 Å². The van der Waals surface area contributed by atoms with E-state index in [4.69, 9.17) is 4.74 Å². The second kappa shape index (κ2) is 8.39. The zero-order chi connectivity index (χ0) is 21.5. The Kier molecular flexibility index (Phi) is 6.00. The summed E-state index contributed by atoms with van der Waals surface area (Å²) in [4.78, 5) is 31.3. The summed E-state index contributed by atoms with van der Waals surface area (Å²) in [5, 5.41) is 3.09. The number of hydrogen-bond acceptors (Lipinski definition) is 7. The van der Waals surface area contributed by atoms with Crippen LogP contribution in [-0.2, 0) is 32.3 Å². The number of carbonyl (C=O) groups is 1. The lowest BCUT2D eigenvalue weighted by atomic mass is 9.91. The molecular formula is C20H30N4O5S. The smallest absolute Gasteiger partial charge is 0.276 e. The molecule has 9 nitrogen and oxygen atoms in total. The number of aryl methyl sites for hydroxylation is 1. The molecule has 1 amide bonds. The molecule has 30 heavy (non-hydrogen) atoms. The van der Waals surface area contributed by atoms with Crippen LogP contribution in [0.5, 0.6) is 0 Å². The van der Waals surface area contributed by atoms with Gasteiger partial charge in [0.05, 0.1) is 24.2 Å². The van der Waals surface area contributed by atoms with E-state index in [1.807, 2.05) is 11.8 Å². The Morgan fingerprint density at radius 2 is 2.07 bits per heavy atom. The standard InChI is InChI=1S/C20H30N4O5S/c1-13-19(24-8-4-6-17(24)22-20(13)26)14-5-3-7-23(10-14)18(25)9-21-15-11-30(27,28)12-16(15)29-2/h14-16,21H,3-12H2,1-2H3/t14-,15-,16-/m1/s1. The third-order valence-corrected chi connectivity index (χ3v) is 8.30. The summed E-state index contributed by atoms with van der Waals surface area (Å²) in [6.07, 6.45) is 3.21. The molecule has 4 heterocycles. The van der Waals surface area contributed by atoms with Crippen LogP contribution in [0.1, 0.15) is 42.3 Å². The quantitative estimate of drug-likeness (QED) is 0.666. The van der Waals surface area contributed by atoms with E-state index in [0.29, 0.717) is 18.7 Å². The number of likely N-dealkylation sites (tertiary alicyclic amines) is 1. The maximum atomic E-state index is 12.9. The van der Waals surface area contributed by atoms with Gasteiger partial charge in [-0.05, 0) is 26.2 Å². The molecule has 1 aromatic rings. The number of amides is 1. The van der Waals surface area contributed by atoms with Crippen LogP contribution in [0.15, 0.2) is 4.79 Å². The van der Waals surface area contributed by atoms with Crippen LogP contribution < -0.4 is 10.9 Å². The molecule has 2 saturated heterocycles. The number of methoxy groups -OCH3 is 1. The molecule has 2 fully saturated rings. The monoisotopic (exact) mass is 438 g/mol. The Bertz CT molecular complexity index is 990. The minimum Gasteiger partial charge on any atom is -0.379 e. The first kappa shape index (κ1) is 21.5. The highest BCUT2D eigenvalue weighted by Gasteiger charge is 2.38. The SMILES string of the molecule is CO[C@@H]1CS(=O)(=O)C[C@H]1NCC(=O)N1CCC[C@@H](c2c(C)c(=O)nc3n2CCC3)C1. The number of rotatable bonds is 5. The number of fused-ring (bicyclic) bond motifs is 1. The van der Waals surface area contributed by atoms with Crippen LogP contribution in [0.3, 0.4) is 0 Å². The molecule has 0 unspecified atom stereocenters. The fraction of sp³-hybridized carbons (Fsp3) is 0.750. The first-order chi connectivity index (χ1) is 14.3. The minimum absolute atomic E-state index is 0.00727. The van der Waals surface area contributed by atoms with Crippen molar-refractivity contribution >= 4 is 15.7 Å². The average molecular weight is 439 g/mol. The molecule has 0 saturated carbocycles. The van der Waals surface area contributed by atoms with E-state index < -0.39 is 15.9 Å². The zero-order valence-electron chi connectivity index (χ0n) is 17.6. The highest BCUT2D eigenvalue weighted by Crippen LogP contribution is 2.30. The summed E-state index contributed by atoms with van der Waals surface area (Å²) in [5.41, 5.74) is 1.57. The second-order valence-corrected chi connectivity index (χ2v) is 10.8. The first-order valence-corrected chi connectivity index (χ1v) is 12.5. The van der Waals surface area contributed by atoms with Gasteiger partial charge in [-0.1, -0.05) is 0 Å². The van der Waals surface area contributed by atoms with Gasteiger partial charge in [0.15, 0.2) is 9.84 Å². The van der Waals surface area contributed by atoms with E-state index in [-0.39, 0.29) is 41.5 Å². The molecule has 0 bridgehead atoms. The lowest BCUT2D eigenvalue weighted by molar-refractivity contribution is -0.131. The van der Waals surface area contributed by atoms with Gasteiger partial charge in [-0.2, -0.15) is 4.98 Å². The summed E-state index contributed by atoms with van der Waals surface area (Å²) in [7, 11) is -1.64. The predicted octanol–water partition coefficient (Wildman–Crippen LogP) is -0.394. The predicted molar refractivity (Wildman–Crippen MR) is 111 cm³/mol. The lowest BCUT2D eigenvalue weighted by Crippen LogP contribution is -2.48. The van der Waals surface area contributed by atoms with Crippen molar-refractivity contribution in [3.05, 3.63) is 27.4 Å². The summed E-state index contributed by atoms with van der Waals surface area (Å²) < 4.78 is 31.2. The number of ether oxygens (including phenoxy) is 1. The number of carbonyl (C=O) groups excluding carboxylic acids is 1.